The molecule has 0 N–H and O–H groups in total. The Balaban J connectivity index is 1.71. The number of para-hydroxylation sites is 1. The number of rotatable bonds is 5. The van der Waals surface area contributed by atoms with Crippen LogP contribution in [-0.2, 0) is 15.9 Å². The average Bonchev–Trinajstić information content (AvgIpc) is 3.07. The van der Waals surface area contributed by atoms with Gasteiger partial charge in [0.05, 0.1) is 28.8 Å². The first-order valence-electron chi connectivity index (χ1n) is 9.92. The van der Waals surface area contributed by atoms with Gasteiger partial charge in [0.1, 0.15) is 11.6 Å². The SMILES string of the molecule is Cc1nc2ccc(B3OC(C)(C)C(C)(C)O3)cc2n1Cc1ccccc1OC(F)F. The van der Waals surface area contributed by atoms with Crippen LogP contribution in [0.25, 0.3) is 11.0 Å². The maximum atomic E-state index is 12.8. The molecule has 1 saturated heterocycles. The molecule has 3 aromatic rings. The highest BCUT2D eigenvalue weighted by Crippen LogP contribution is 2.36. The third-order valence-corrected chi connectivity index (χ3v) is 6.01. The molecule has 1 aliphatic rings. The van der Waals surface area contributed by atoms with Crippen molar-refractivity contribution < 1.29 is 22.8 Å². The molecule has 0 saturated carbocycles. The Morgan fingerprint density at radius 1 is 1.07 bits per heavy atom. The number of hydrogen-bond acceptors (Lipinski definition) is 4. The molecule has 0 atom stereocenters. The third-order valence-electron chi connectivity index (χ3n) is 6.01. The first-order valence-corrected chi connectivity index (χ1v) is 9.92. The van der Waals surface area contributed by atoms with Crippen LogP contribution >= 0.6 is 0 Å². The zero-order valence-corrected chi connectivity index (χ0v) is 17.8. The number of fused-ring (bicyclic) bond motifs is 1. The highest BCUT2D eigenvalue weighted by molar-refractivity contribution is 6.62. The van der Waals surface area contributed by atoms with E-state index in [2.05, 4.69) is 9.72 Å². The molecule has 0 amide bonds. The van der Waals surface area contributed by atoms with Crippen molar-refractivity contribution in [2.45, 2.75) is 59.0 Å². The predicted octanol–water partition coefficient (Wildman–Crippen LogP) is 4.29. The van der Waals surface area contributed by atoms with Crippen molar-refractivity contribution >= 4 is 23.6 Å². The van der Waals surface area contributed by atoms with Gasteiger partial charge in [0.2, 0.25) is 0 Å². The maximum absolute atomic E-state index is 12.8. The quantitative estimate of drug-likeness (QED) is 0.585. The zero-order chi connectivity index (χ0) is 21.7. The summed E-state index contributed by atoms with van der Waals surface area (Å²) in [6.07, 6.45) is 0. The highest BCUT2D eigenvalue weighted by Gasteiger charge is 2.51. The van der Waals surface area contributed by atoms with Crippen molar-refractivity contribution in [3.05, 3.63) is 53.9 Å². The lowest BCUT2D eigenvalue weighted by Crippen LogP contribution is -2.41. The van der Waals surface area contributed by atoms with Gasteiger partial charge in [-0.1, -0.05) is 24.3 Å². The van der Waals surface area contributed by atoms with Gasteiger partial charge in [-0.3, -0.25) is 0 Å². The maximum Gasteiger partial charge on any atom is 0.494 e. The third kappa shape index (κ3) is 3.70. The second-order valence-corrected chi connectivity index (χ2v) is 8.57. The van der Waals surface area contributed by atoms with E-state index in [-0.39, 0.29) is 5.75 Å². The molecule has 1 fully saturated rings. The van der Waals surface area contributed by atoms with E-state index in [1.165, 1.54) is 0 Å². The molecule has 2 aromatic carbocycles. The highest BCUT2D eigenvalue weighted by atomic mass is 19.3. The second kappa shape index (κ2) is 7.36. The number of nitrogens with zero attached hydrogens (tertiary/aromatic N) is 2. The molecule has 1 aliphatic heterocycles. The van der Waals surface area contributed by atoms with E-state index in [4.69, 9.17) is 9.31 Å². The van der Waals surface area contributed by atoms with Gasteiger partial charge >= 0.3 is 13.7 Å². The molecule has 4 rings (SSSR count). The lowest BCUT2D eigenvalue weighted by atomic mass is 9.79. The number of alkyl halides is 2. The molecule has 5 nitrogen and oxygen atoms in total. The molecule has 0 aliphatic carbocycles. The number of halogens is 2. The minimum absolute atomic E-state index is 0.163. The molecule has 0 spiro atoms. The van der Waals surface area contributed by atoms with Crippen molar-refractivity contribution in [3.8, 4) is 5.75 Å². The molecule has 2 heterocycles. The van der Waals surface area contributed by atoms with Crippen molar-refractivity contribution in [3.63, 3.8) is 0 Å². The summed E-state index contributed by atoms with van der Waals surface area (Å²) in [7, 11) is -0.488. The van der Waals surface area contributed by atoms with Gasteiger partial charge in [0.25, 0.3) is 0 Å². The Labute approximate surface area is 175 Å². The summed E-state index contributed by atoms with van der Waals surface area (Å²) in [5.41, 5.74) is 2.37. The molecule has 8 heteroatoms. The second-order valence-electron chi connectivity index (χ2n) is 8.57. The van der Waals surface area contributed by atoms with E-state index in [1.807, 2.05) is 57.4 Å². The fourth-order valence-corrected chi connectivity index (χ4v) is 3.60. The molecular weight excluding hydrogens is 389 g/mol. The van der Waals surface area contributed by atoms with E-state index < -0.39 is 24.9 Å². The van der Waals surface area contributed by atoms with Crippen molar-refractivity contribution in [1.29, 1.82) is 0 Å². The van der Waals surface area contributed by atoms with Crippen LogP contribution in [0.15, 0.2) is 42.5 Å². The van der Waals surface area contributed by atoms with E-state index in [1.54, 1.807) is 24.3 Å². The zero-order valence-electron chi connectivity index (χ0n) is 17.8. The summed E-state index contributed by atoms with van der Waals surface area (Å²) in [6, 6.07) is 12.7. The lowest BCUT2D eigenvalue weighted by molar-refractivity contribution is -0.0504. The lowest BCUT2D eigenvalue weighted by Gasteiger charge is -2.32. The topological polar surface area (TPSA) is 45.5 Å². The summed E-state index contributed by atoms with van der Waals surface area (Å²) in [6.45, 7) is 7.43. The van der Waals surface area contributed by atoms with Crippen LogP contribution in [0.4, 0.5) is 8.78 Å². The molecule has 30 heavy (non-hydrogen) atoms. The summed E-state index contributed by atoms with van der Waals surface area (Å²) < 4.78 is 44.6. The van der Waals surface area contributed by atoms with Gasteiger partial charge in [0, 0.05) is 5.56 Å². The van der Waals surface area contributed by atoms with E-state index in [9.17, 15) is 8.78 Å². The number of benzene rings is 2. The Morgan fingerprint density at radius 2 is 1.73 bits per heavy atom. The van der Waals surface area contributed by atoms with Crippen LogP contribution in [0.2, 0.25) is 0 Å². The largest absolute Gasteiger partial charge is 0.494 e. The van der Waals surface area contributed by atoms with Crippen LogP contribution in [0, 0.1) is 6.92 Å². The summed E-state index contributed by atoms with van der Waals surface area (Å²) in [4.78, 5) is 4.62. The Bertz CT molecular complexity index is 1070. The van der Waals surface area contributed by atoms with Gasteiger partial charge < -0.3 is 18.6 Å². The van der Waals surface area contributed by atoms with Crippen LogP contribution in [0.3, 0.4) is 0 Å². The number of imidazole rings is 1. The molecule has 0 bridgehead atoms. The number of aryl methyl sites for hydroxylation is 1. The standard InChI is InChI=1S/C22H25BF2N2O3/c1-14-26-17-11-10-16(23-29-21(2,3)22(4,5)30-23)12-18(17)27(14)13-15-8-6-7-9-19(15)28-20(24)25/h6-12,20H,13H2,1-5H3. The predicted molar refractivity (Wildman–Crippen MR) is 112 cm³/mol. The van der Waals surface area contributed by atoms with Crippen molar-refractivity contribution in [1.82, 2.24) is 9.55 Å². The number of aromatic nitrogens is 2. The van der Waals surface area contributed by atoms with Crippen molar-refractivity contribution in [2.24, 2.45) is 0 Å². The first kappa shape index (κ1) is 20.8. The van der Waals surface area contributed by atoms with Crippen LogP contribution in [0.5, 0.6) is 5.75 Å². The van der Waals surface area contributed by atoms with Gasteiger partial charge in [-0.15, -0.1) is 0 Å². The monoisotopic (exact) mass is 414 g/mol. The first-order chi connectivity index (χ1) is 14.1. The van der Waals surface area contributed by atoms with Crippen LogP contribution in [0.1, 0.15) is 39.1 Å². The smallest absolute Gasteiger partial charge is 0.434 e. The number of ether oxygens (including phenoxy) is 1. The summed E-state index contributed by atoms with van der Waals surface area (Å²) in [5, 5.41) is 0. The summed E-state index contributed by atoms with van der Waals surface area (Å²) >= 11 is 0. The van der Waals surface area contributed by atoms with Gasteiger partial charge in [-0.25, -0.2) is 4.98 Å². The molecule has 1 aromatic heterocycles. The Kier molecular flexibility index (Phi) is 5.10. The average molecular weight is 414 g/mol. The minimum atomic E-state index is -2.87. The Hall–Kier alpha value is -2.45. The molecule has 0 unspecified atom stereocenters. The normalized spacial score (nSPS) is 17.8. The molecular formula is C22H25BF2N2O3. The van der Waals surface area contributed by atoms with Crippen molar-refractivity contribution in [2.75, 3.05) is 0 Å². The summed E-state index contributed by atoms with van der Waals surface area (Å²) in [5.74, 6) is 0.943. The minimum Gasteiger partial charge on any atom is -0.434 e. The van der Waals surface area contributed by atoms with E-state index in [0.29, 0.717) is 12.1 Å². The van der Waals surface area contributed by atoms with E-state index in [0.717, 1.165) is 22.3 Å². The van der Waals surface area contributed by atoms with Gasteiger partial charge in [-0.05, 0) is 58.3 Å². The van der Waals surface area contributed by atoms with Gasteiger partial charge in [-0.2, -0.15) is 8.78 Å². The number of hydrogen-bond donors (Lipinski definition) is 0. The fraction of sp³-hybridized carbons (Fsp3) is 0.409. The van der Waals surface area contributed by atoms with Gasteiger partial charge in [0.15, 0.2) is 0 Å². The van der Waals surface area contributed by atoms with E-state index >= 15 is 0 Å². The molecule has 158 valence electrons. The fourth-order valence-electron chi connectivity index (χ4n) is 3.60. The van der Waals surface area contributed by atoms with Crippen LogP contribution in [-0.4, -0.2) is 34.5 Å². The molecule has 0 radical (unpaired) electrons. The van der Waals surface area contributed by atoms with Crippen LogP contribution < -0.4 is 10.2 Å². The Morgan fingerprint density at radius 3 is 2.40 bits per heavy atom.